The molecule has 0 aliphatic carbocycles. The summed E-state index contributed by atoms with van der Waals surface area (Å²) < 4.78 is 24.2. The molecule has 0 unspecified atom stereocenters. The topological polar surface area (TPSA) is 59.6 Å². The highest BCUT2D eigenvalue weighted by atomic mass is 19.1. The number of amides is 2. The Balaban J connectivity index is 1.50. The van der Waals surface area contributed by atoms with E-state index in [4.69, 9.17) is 9.47 Å². The summed E-state index contributed by atoms with van der Waals surface area (Å²) in [6, 6.07) is 11.3. The predicted molar refractivity (Wildman–Crippen MR) is 89.2 cm³/mol. The van der Waals surface area contributed by atoms with Crippen LogP contribution in [-0.2, 0) is 6.42 Å². The van der Waals surface area contributed by atoms with Gasteiger partial charge in [-0.05, 0) is 36.2 Å². The Bertz CT molecular complexity index is 721. The third kappa shape index (κ3) is 4.38. The number of halogens is 1. The van der Waals surface area contributed by atoms with Crippen molar-refractivity contribution in [2.45, 2.75) is 12.8 Å². The minimum Gasteiger partial charge on any atom is -0.490 e. The predicted octanol–water partition coefficient (Wildman–Crippen LogP) is 3.35. The lowest BCUT2D eigenvalue weighted by molar-refractivity contribution is 0.252. The molecular weight excluding hydrogens is 311 g/mol. The number of carbonyl (C=O) groups excluding carboxylic acids is 1. The van der Waals surface area contributed by atoms with Crippen molar-refractivity contribution in [3.05, 3.63) is 53.8 Å². The van der Waals surface area contributed by atoms with E-state index >= 15 is 0 Å². The molecule has 0 atom stereocenters. The summed E-state index contributed by atoms with van der Waals surface area (Å²) in [6.45, 7) is 1.64. The fourth-order valence-corrected chi connectivity index (χ4v) is 2.43. The highest BCUT2D eigenvalue weighted by Crippen LogP contribution is 2.32. The van der Waals surface area contributed by atoms with Crippen molar-refractivity contribution in [1.82, 2.24) is 5.32 Å². The maximum atomic E-state index is 13.1. The fraction of sp³-hybridized carbons (Fsp3) is 0.278. The summed E-state index contributed by atoms with van der Waals surface area (Å²) in [6.07, 6.45) is 1.39. The lowest BCUT2D eigenvalue weighted by atomic mass is 10.1. The van der Waals surface area contributed by atoms with Crippen molar-refractivity contribution in [2.24, 2.45) is 0 Å². The highest BCUT2D eigenvalue weighted by molar-refractivity contribution is 5.89. The molecule has 2 aromatic rings. The maximum absolute atomic E-state index is 13.1. The lowest BCUT2D eigenvalue weighted by Gasteiger charge is -2.11. The Morgan fingerprint density at radius 1 is 1.08 bits per heavy atom. The van der Waals surface area contributed by atoms with E-state index < -0.39 is 0 Å². The summed E-state index contributed by atoms with van der Waals surface area (Å²) >= 11 is 0. The van der Waals surface area contributed by atoms with Crippen LogP contribution in [-0.4, -0.2) is 25.8 Å². The zero-order valence-corrected chi connectivity index (χ0v) is 13.2. The summed E-state index contributed by atoms with van der Waals surface area (Å²) in [5.74, 6) is 1.04. The summed E-state index contributed by atoms with van der Waals surface area (Å²) in [5, 5.41) is 5.50. The SMILES string of the molecule is O=C(NCCc1cccc(F)c1)Nc1ccc2c(c1)OCCCO2. The number of rotatable bonds is 4. The van der Waals surface area contributed by atoms with Gasteiger partial charge in [0.2, 0.25) is 0 Å². The molecule has 0 aromatic heterocycles. The van der Waals surface area contributed by atoms with Gasteiger partial charge in [0.15, 0.2) is 11.5 Å². The normalized spacial score (nSPS) is 13.0. The number of hydrogen-bond acceptors (Lipinski definition) is 3. The van der Waals surface area contributed by atoms with Gasteiger partial charge >= 0.3 is 6.03 Å². The molecule has 6 heteroatoms. The Morgan fingerprint density at radius 3 is 2.75 bits per heavy atom. The number of fused-ring (bicyclic) bond motifs is 1. The van der Waals surface area contributed by atoms with Gasteiger partial charge < -0.3 is 20.1 Å². The standard InChI is InChI=1S/C18H19FN2O3/c19-14-4-1-3-13(11-14)7-8-20-18(22)21-15-5-6-16-17(12-15)24-10-2-9-23-16/h1,3-6,11-12H,2,7-10H2,(H2,20,21,22). The quantitative estimate of drug-likeness (QED) is 0.904. The molecule has 0 saturated carbocycles. The molecule has 126 valence electrons. The van der Waals surface area contributed by atoms with Crippen LogP contribution < -0.4 is 20.1 Å². The second-order valence-electron chi connectivity index (χ2n) is 5.47. The van der Waals surface area contributed by atoms with E-state index in [9.17, 15) is 9.18 Å². The molecule has 0 bridgehead atoms. The van der Waals surface area contributed by atoms with E-state index in [2.05, 4.69) is 10.6 Å². The molecule has 0 spiro atoms. The Labute approximate surface area is 139 Å². The van der Waals surface area contributed by atoms with Crippen LogP contribution in [0, 0.1) is 5.82 Å². The molecular formula is C18H19FN2O3. The van der Waals surface area contributed by atoms with E-state index in [-0.39, 0.29) is 11.8 Å². The van der Waals surface area contributed by atoms with Crippen molar-refractivity contribution in [2.75, 3.05) is 25.1 Å². The molecule has 2 aromatic carbocycles. The summed E-state index contributed by atoms with van der Waals surface area (Å²) in [7, 11) is 0. The van der Waals surface area contributed by atoms with Crippen LogP contribution in [0.25, 0.3) is 0 Å². The number of carbonyl (C=O) groups is 1. The van der Waals surface area contributed by atoms with E-state index in [0.29, 0.717) is 43.4 Å². The molecule has 1 aliphatic heterocycles. The molecule has 1 aliphatic rings. The van der Waals surface area contributed by atoms with Crippen LogP contribution in [0.1, 0.15) is 12.0 Å². The Hall–Kier alpha value is -2.76. The van der Waals surface area contributed by atoms with Gasteiger partial charge in [0.1, 0.15) is 5.82 Å². The number of anilines is 1. The first kappa shape index (κ1) is 16.1. The second-order valence-corrected chi connectivity index (χ2v) is 5.47. The smallest absolute Gasteiger partial charge is 0.319 e. The number of benzene rings is 2. The van der Waals surface area contributed by atoms with Gasteiger partial charge in [0, 0.05) is 24.7 Å². The average molecular weight is 330 g/mol. The monoisotopic (exact) mass is 330 g/mol. The van der Waals surface area contributed by atoms with E-state index in [0.717, 1.165) is 12.0 Å². The van der Waals surface area contributed by atoms with Crippen molar-refractivity contribution in [3.63, 3.8) is 0 Å². The van der Waals surface area contributed by atoms with Gasteiger partial charge in [-0.2, -0.15) is 0 Å². The molecule has 3 rings (SSSR count). The van der Waals surface area contributed by atoms with Crippen molar-refractivity contribution in [1.29, 1.82) is 0 Å². The molecule has 5 nitrogen and oxygen atoms in total. The maximum Gasteiger partial charge on any atom is 0.319 e. The van der Waals surface area contributed by atoms with Gasteiger partial charge in [-0.1, -0.05) is 12.1 Å². The molecule has 0 saturated heterocycles. The van der Waals surface area contributed by atoms with E-state index in [1.807, 2.05) is 6.07 Å². The van der Waals surface area contributed by atoms with Crippen LogP contribution in [0.3, 0.4) is 0 Å². The van der Waals surface area contributed by atoms with E-state index in [1.54, 1.807) is 24.3 Å². The lowest BCUT2D eigenvalue weighted by Crippen LogP contribution is -2.30. The van der Waals surface area contributed by atoms with Crippen LogP contribution in [0.15, 0.2) is 42.5 Å². The molecule has 1 heterocycles. The minimum absolute atomic E-state index is 0.274. The van der Waals surface area contributed by atoms with Crippen molar-refractivity contribution < 1.29 is 18.7 Å². The third-order valence-electron chi connectivity index (χ3n) is 3.59. The number of ether oxygens (including phenoxy) is 2. The zero-order valence-electron chi connectivity index (χ0n) is 13.2. The molecule has 0 fully saturated rings. The molecule has 2 amide bonds. The molecule has 0 radical (unpaired) electrons. The third-order valence-corrected chi connectivity index (χ3v) is 3.59. The van der Waals surface area contributed by atoms with Gasteiger partial charge in [-0.3, -0.25) is 0 Å². The number of urea groups is 1. The fourth-order valence-electron chi connectivity index (χ4n) is 2.43. The van der Waals surface area contributed by atoms with Gasteiger partial charge in [-0.15, -0.1) is 0 Å². The summed E-state index contributed by atoms with van der Waals surface area (Å²) in [4.78, 5) is 11.9. The van der Waals surface area contributed by atoms with Crippen molar-refractivity contribution in [3.8, 4) is 11.5 Å². The van der Waals surface area contributed by atoms with Crippen LogP contribution in [0.4, 0.5) is 14.9 Å². The minimum atomic E-state index is -0.319. The van der Waals surface area contributed by atoms with Gasteiger partial charge in [0.05, 0.1) is 13.2 Å². The number of nitrogens with one attached hydrogen (secondary N) is 2. The van der Waals surface area contributed by atoms with Crippen molar-refractivity contribution >= 4 is 11.7 Å². The Morgan fingerprint density at radius 2 is 1.92 bits per heavy atom. The first-order valence-corrected chi connectivity index (χ1v) is 7.90. The summed E-state index contributed by atoms with van der Waals surface area (Å²) in [5.41, 5.74) is 1.47. The van der Waals surface area contributed by atoms with Gasteiger partial charge in [0.25, 0.3) is 0 Å². The zero-order chi connectivity index (χ0) is 16.8. The van der Waals surface area contributed by atoms with Crippen LogP contribution in [0.5, 0.6) is 11.5 Å². The number of hydrogen-bond donors (Lipinski definition) is 2. The Kier molecular flexibility index (Phi) is 5.15. The molecule has 24 heavy (non-hydrogen) atoms. The first-order valence-electron chi connectivity index (χ1n) is 7.90. The highest BCUT2D eigenvalue weighted by Gasteiger charge is 2.11. The average Bonchev–Trinajstić information content (AvgIpc) is 2.80. The van der Waals surface area contributed by atoms with Crippen LogP contribution in [0.2, 0.25) is 0 Å². The first-order chi connectivity index (χ1) is 11.7. The molecule has 2 N–H and O–H groups in total. The van der Waals surface area contributed by atoms with Gasteiger partial charge in [-0.25, -0.2) is 9.18 Å². The second kappa shape index (κ2) is 7.68. The van der Waals surface area contributed by atoms with Crippen LogP contribution >= 0.6 is 0 Å². The largest absolute Gasteiger partial charge is 0.490 e. The van der Waals surface area contributed by atoms with E-state index in [1.165, 1.54) is 12.1 Å².